The number of esters is 1. The maximum absolute atomic E-state index is 12.1. The summed E-state index contributed by atoms with van der Waals surface area (Å²) in [5.41, 5.74) is -0.641. The molecular formula is C13H24N4O2S. The molecule has 114 valence electrons. The predicted octanol–water partition coefficient (Wildman–Crippen LogP) is 1.62. The van der Waals surface area contributed by atoms with Gasteiger partial charge >= 0.3 is 5.97 Å². The van der Waals surface area contributed by atoms with E-state index in [4.69, 9.17) is 4.74 Å². The Hall–Kier alpha value is -1.08. The number of nitrogens with one attached hydrogen (secondary N) is 1. The molecular weight excluding hydrogens is 276 g/mol. The van der Waals surface area contributed by atoms with Crippen LogP contribution in [0.1, 0.15) is 33.6 Å². The van der Waals surface area contributed by atoms with Gasteiger partial charge < -0.3 is 10.1 Å². The summed E-state index contributed by atoms with van der Waals surface area (Å²) in [4.78, 5) is 16.3. The zero-order chi connectivity index (χ0) is 15.0. The van der Waals surface area contributed by atoms with Crippen LogP contribution in [0.2, 0.25) is 0 Å². The minimum Gasteiger partial charge on any atom is -0.465 e. The first-order valence-corrected chi connectivity index (χ1v) is 7.91. The van der Waals surface area contributed by atoms with Crippen LogP contribution < -0.4 is 5.32 Å². The highest BCUT2D eigenvalue weighted by Gasteiger charge is 2.33. The molecule has 0 fully saturated rings. The summed E-state index contributed by atoms with van der Waals surface area (Å²) in [5.74, 6) is 0.588. The topological polar surface area (TPSA) is 69.0 Å². The van der Waals surface area contributed by atoms with Crippen molar-refractivity contribution in [3.63, 3.8) is 0 Å². The zero-order valence-corrected chi connectivity index (χ0v) is 13.5. The van der Waals surface area contributed by atoms with E-state index in [2.05, 4.69) is 22.3 Å². The Bertz CT molecular complexity index is 424. The summed E-state index contributed by atoms with van der Waals surface area (Å²) in [5, 5.41) is 8.17. The third-order valence-electron chi connectivity index (χ3n) is 2.99. The first kappa shape index (κ1) is 17.0. The number of aromatic nitrogens is 3. The van der Waals surface area contributed by atoms with Gasteiger partial charge in [0.25, 0.3) is 0 Å². The maximum atomic E-state index is 12.1. The number of nitrogens with zero attached hydrogens (tertiary/aromatic N) is 3. The molecule has 0 amide bonds. The SMILES string of the molecule is CCCNC(C)(CCSc1ncnn1C)C(=O)OCC. The van der Waals surface area contributed by atoms with E-state index in [1.807, 2.05) is 20.9 Å². The molecule has 0 bridgehead atoms. The number of hydrogen-bond acceptors (Lipinski definition) is 6. The normalized spacial score (nSPS) is 14.0. The fraction of sp³-hybridized carbons (Fsp3) is 0.769. The standard InChI is InChI=1S/C13H24N4O2S/c1-5-8-15-13(3,11(18)19-6-2)7-9-20-12-14-10-16-17(12)4/h10,15H,5-9H2,1-4H3. The van der Waals surface area contributed by atoms with Crippen LogP contribution in [0.3, 0.4) is 0 Å². The molecule has 1 heterocycles. The molecule has 1 unspecified atom stereocenters. The van der Waals surface area contributed by atoms with Crippen molar-refractivity contribution in [2.45, 2.75) is 44.3 Å². The fourth-order valence-electron chi connectivity index (χ4n) is 1.72. The molecule has 1 aromatic rings. The Morgan fingerprint density at radius 2 is 2.30 bits per heavy atom. The minimum atomic E-state index is -0.641. The molecule has 1 rings (SSSR count). The van der Waals surface area contributed by atoms with E-state index in [0.29, 0.717) is 13.0 Å². The highest BCUT2D eigenvalue weighted by Crippen LogP contribution is 2.20. The van der Waals surface area contributed by atoms with Gasteiger partial charge in [-0.1, -0.05) is 18.7 Å². The van der Waals surface area contributed by atoms with E-state index < -0.39 is 5.54 Å². The highest BCUT2D eigenvalue weighted by atomic mass is 32.2. The van der Waals surface area contributed by atoms with Crippen molar-refractivity contribution in [1.82, 2.24) is 20.1 Å². The first-order valence-electron chi connectivity index (χ1n) is 6.92. The number of hydrogen-bond donors (Lipinski definition) is 1. The van der Waals surface area contributed by atoms with E-state index in [-0.39, 0.29) is 5.97 Å². The van der Waals surface area contributed by atoms with Gasteiger partial charge in [-0.15, -0.1) is 0 Å². The van der Waals surface area contributed by atoms with Crippen molar-refractivity contribution in [2.24, 2.45) is 7.05 Å². The number of ether oxygens (including phenoxy) is 1. The Balaban J connectivity index is 2.55. The minimum absolute atomic E-state index is 0.188. The molecule has 0 spiro atoms. The van der Waals surface area contributed by atoms with Crippen molar-refractivity contribution >= 4 is 17.7 Å². The molecule has 0 aromatic carbocycles. The Morgan fingerprint density at radius 3 is 2.85 bits per heavy atom. The Kier molecular flexibility index (Phi) is 7.01. The molecule has 20 heavy (non-hydrogen) atoms. The third-order valence-corrected chi connectivity index (χ3v) is 4.03. The highest BCUT2D eigenvalue weighted by molar-refractivity contribution is 7.99. The lowest BCUT2D eigenvalue weighted by Gasteiger charge is -2.28. The molecule has 0 aliphatic heterocycles. The van der Waals surface area contributed by atoms with Gasteiger partial charge in [0.15, 0.2) is 5.16 Å². The largest absolute Gasteiger partial charge is 0.465 e. The summed E-state index contributed by atoms with van der Waals surface area (Å²) in [6, 6.07) is 0. The fourth-order valence-corrected chi connectivity index (χ4v) is 2.77. The van der Waals surface area contributed by atoms with Crippen LogP contribution in [0.4, 0.5) is 0 Å². The van der Waals surface area contributed by atoms with Crippen LogP contribution in [-0.4, -0.2) is 45.2 Å². The Morgan fingerprint density at radius 1 is 1.55 bits per heavy atom. The van der Waals surface area contributed by atoms with Crippen LogP contribution >= 0.6 is 11.8 Å². The lowest BCUT2D eigenvalue weighted by molar-refractivity contribution is -0.150. The monoisotopic (exact) mass is 300 g/mol. The molecule has 0 aliphatic rings. The smallest absolute Gasteiger partial charge is 0.326 e. The molecule has 0 saturated heterocycles. The van der Waals surface area contributed by atoms with E-state index >= 15 is 0 Å². The molecule has 1 atom stereocenters. The predicted molar refractivity (Wildman–Crippen MR) is 79.7 cm³/mol. The Labute approximate surface area is 124 Å². The van der Waals surface area contributed by atoms with Crippen molar-refractivity contribution in [1.29, 1.82) is 0 Å². The number of thioether (sulfide) groups is 1. The third kappa shape index (κ3) is 4.79. The van der Waals surface area contributed by atoms with Crippen LogP contribution in [0.15, 0.2) is 11.5 Å². The summed E-state index contributed by atoms with van der Waals surface area (Å²) >= 11 is 1.59. The first-order chi connectivity index (χ1) is 9.53. The summed E-state index contributed by atoms with van der Waals surface area (Å²) in [6.45, 7) is 7.00. The molecule has 0 saturated carbocycles. The van der Waals surface area contributed by atoms with E-state index in [1.165, 1.54) is 6.33 Å². The van der Waals surface area contributed by atoms with Gasteiger partial charge in [0, 0.05) is 12.8 Å². The van der Waals surface area contributed by atoms with Gasteiger partial charge in [-0.25, -0.2) is 9.67 Å². The molecule has 0 radical (unpaired) electrons. The van der Waals surface area contributed by atoms with Gasteiger partial charge in [-0.2, -0.15) is 5.10 Å². The summed E-state index contributed by atoms with van der Waals surface area (Å²) < 4.78 is 6.90. The molecule has 7 heteroatoms. The lowest BCUT2D eigenvalue weighted by atomic mass is 9.99. The van der Waals surface area contributed by atoms with E-state index in [0.717, 1.165) is 23.9 Å². The quantitative estimate of drug-likeness (QED) is 0.552. The average Bonchev–Trinajstić information content (AvgIpc) is 2.82. The molecule has 1 N–H and O–H groups in total. The molecule has 1 aromatic heterocycles. The van der Waals surface area contributed by atoms with Crippen molar-refractivity contribution in [2.75, 3.05) is 18.9 Å². The number of aryl methyl sites for hydroxylation is 1. The van der Waals surface area contributed by atoms with Crippen molar-refractivity contribution in [3.05, 3.63) is 6.33 Å². The van der Waals surface area contributed by atoms with Gasteiger partial charge in [-0.3, -0.25) is 4.79 Å². The average molecular weight is 300 g/mol. The van der Waals surface area contributed by atoms with Crippen molar-refractivity contribution < 1.29 is 9.53 Å². The summed E-state index contributed by atoms with van der Waals surface area (Å²) in [6.07, 6.45) is 3.19. The van der Waals surface area contributed by atoms with Gasteiger partial charge in [-0.05, 0) is 33.2 Å². The van der Waals surface area contributed by atoms with E-state index in [1.54, 1.807) is 16.4 Å². The number of carbonyl (C=O) groups is 1. The lowest BCUT2D eigenvalue weighted by Crippen LogP contribution is -2.51. The van der Waals surface area contributed by atoms with E-state index in [9.17, 15) is 4.79 Å². The van der Waals surface area contributed by atoms with Gasteiger partial charge in [0.05, 0.1) is 6.61 Å². The van der Waals surface area contributed by atoms with Gasteiger partial charge in [0.1, 0.15) is 11.9 Å². The van der Waals surface area contributed by atoms with Crippen LogP contribution in [0.25, 0.3) is 0 Å². The van der Waals surface area contributed by atoms with Crippen LogP contribution in [0, 0.1) is 0 Å². The molecule has 6 nitrogen and oxygen atoms in total. The van der Waals surface area contributed by atoms with Crippen molar-refractivity contribution in [3.8, 4) is 0 Å². The molecule has 0 aliphatic carbocycles. The second-order valence-corrected chi connectivity index (χ2v) is 5.81. The second kappa shape index (κ2) is 8.26. The number of carbonyl (C=O) groups excluding carboxylic acids is 1. The summed E-state index contributed by atoms with van der Waals surface area (Å²) in [7, 11) is 1.86. The number of rotatable bonds is 9. The van der Waals surface area contributed by atoms with Crippen LogP contribution in [-0.2, 0) is 16.6 Å². The van der Waals surface area contributed by atoms with Crippen LogP contribution in [0.5, 0.6) is 0 Å². The van der Waals surface area contributed by atoms with Gasteiger partial charge in [0.2, 0.25) is 0 Å². The zero-order valence-electron chi connectivity index (χ0n) is 12.7. The maximum Gasteiger partial charge on any atom is 0.326 e. The second-order valence-electron chi connectivity index (χ2n) is 4.74.